The maximum atomic E-state index is 12.8. The van der Waals surface area contributed by atoms with Gasteiger partial charge in [-0.25, -0.2) is 9.97 Å². The molecule has 0 bridgehead atoms. The lowest BCUT2D eigenvalue weighted by Crippen LogP contribution is -2.28. The molecule has 0 N–H and O–H groups in total. The topological polar surface area (TPSA) is 66.4 Å². The molecule has 1 heterocycles. The van der Waals surface area contributed by atoms with Crippen LogP contribution < -0.4 is 0 Å². The van der Waals surface area contributed by atoms with Crippen LogP contribution in [0.4, 0.5) is 0 Å². The standard InChI is InChI=1S/C28H28N4O2S2/c1-31(17-21-11-5-3-6-12-21)25(33)19-35-27-28(30-24-16-10-9-15-23(24)29-27)36-20-26(34)32(2)18-22-13-7-4-8-14-22/h3-16H,17-20H2,1-2H3. The van der Waals surface area contributed by atoms with E-state index in [0.717, 1.165) is 22.2 Å². The second-order valence-electron chi connectivity index (χ2n) is 8.37. The van der Waals surface area contributed by atoms with Crippen LogP contribution in [-0.2, 0) is 22.7 Å². The maximum Gasteiger partial charge on any atom is 0.233 e. The van der Waals surface area contributed by atoms with Crippen molar-refractivity contribution in [3.8, 4) is 0 Å². The molecule has 0 aliphatic heterocycles. The highest BCUT2D eigenvalue weighted by atomic mass is 32.2. The molecule has 0 radical (unpaired) electrons. The minimum atomic E-state index is 0.00781. The van der Waals surface area contributed by atoms with Crippen LogP contribution in [0.25, 0.3) is 11.0 Å². The normalized spacial score (nSPS) is 10.8. The molecule has 1 aromatic heterocycles. The largest absolute Gasteiger partial charge is 0.341 e. The fourth-order valence-corrected chi connectivity index (χ4v) is 5.51. The summed E-state index contributed by atoms with van der Waals surface area (Å²) >= 11 is 2.72. The van der Waals surface area contributed by atoms with Gasteiger partial charge in [0, 0.05) is 27.2 Å². The first-order chi connectivity index (χ1) is 17.5. The molecule has 36 heavy (non-hydrogen) atoms. The Morgan fingerprint density at radius 2 is 0.972 bits per heavy atom. The first-order valence-electron chi connectivity index (χ1n) is 11.6. The number of para-hydroxylation sites is 2. The maximum absolute atomic E-state index is 12.8. The molecular weight excluding hydrogens is 488 g/mol. The van der Waals surface area contributed by atoms with E-state index in [1.54, 1.807) is 23.9 Å². The first-order valence-corrected chi connectivity index (χ1v) is 13.5. The van der Waals surface area contributed by atoms with Crippen molar-refractivity contribution in [3.63, 3.8) is 0 Å². The van der Waals surface area contributed by atoms with E-state index >= 15 is 0 Å². The van der Waals surface area contributed by atoms with Crippen LogP contribution in [0.2, 0.25) is 0 Å². The molecule has 0 aliphatic carbocycles. The molecule has 0 unspecified atom stereocenters. The van der Waals surface area contributed by atoms with Crippen LogP contribution in [0.15, 0.2) is 95.0 Å². The van der Waals surface area contributed by atoms with E-state index in [0.29, 0.717) is 23.1 Å². The van der Waals surface area contributed by atoms with Crippen LogP contribution in [0.3, 0.4) is 0 Å². The number of benzene rings is 3. The van der Waals surface area contributed by atoms with Crippen molar-refractivity contribution < 1.29 is 9.59 Å². The minimum Gasteiger partial charge on any atom is -0.341 e. The van der Waals surface area contributed by atoms with Gasteiger partial charge in [0.15, 0.2) is 0 Å². The van der Waals surface area contributed by atoms with E-state index in [9.17, 15) is 9.59 Å². The van der Waals surface area contributed by atoms with Gasteiger partial charge >= 0.3 is 0 Å². The summed E-state index contributed by atoms with van der Waals surface area (Å²) in [6.07, 6.45) is 0. The smallest absolute Gasteiger partial charge is 0.233 e. The van der Waals surface area contributed by atoms with Gasteiger partial charge in [0.2, 0.25) is 11.8 Å². The minimum absolute atomic E-state index is 0.00781. The van der Waals surface area contributed by atoms with Crippen molar-refractivity contribution in [3.05, 3.63) is 96.1 Å². The number of hydrogen-bond acceptors (Lipinski definition) is 6. The van der Waals surface area contributed by atoms with Gasteiger partial charge < -0.3 is 9.80 Å². The molecule has 4 aromatic rings. The van der Waals surface area contributed by atoms with Crippen molar-refractivity contribution in [2.24, 2.45) is 0 Å². The van der Waals surface area contributed by atoms with Gasteiger partial charge in [-0.15, -0.1) is 0 Å². The zero-order valence-electron chi connectivity index (χ0n) is 20.3. The molecule has 0 spiro atoms. The molecule has 2 amide bonds. The second-order valence-corrected chi connectivity index (χ2v) is 10.3. The number of thioether (sulfide) groups is 2. The summed E-state index contributed by atoms with van der Waals surface area (Å²) in [4.78, 5) is 38.6. The summed E-state index contributed by atoms with van der Waals surface area (Å²) in [5, 5.41) is 1.33. The number of hydrogen-bond donors (Lipinski definition) is 0. The van der Waals surface area contributed by atoms with E-state index in [4.69, 9.17) is 9.97 Å². The van der Waals surface area contributed by atoms with E-state index in [-0.39, 0.29) is 23.3 Å². The summed E-state index contributed by atoms with van der Waals surface area (Å²) in [6.45, 7) is 1.10. The molecular formula is C28H28N4O2S2. The van der Waals surface area contributed by atoms with E-state index in [1.807, 2.05) is 84.9 Å². The Balaban J connectivity index is 1.42. The highest BCUT2D eigenvalue weighted by molar-refractivity contribution is 8.02. The third-order valence-electron chi connectivity index (χ3n) is 5.55. The number of nitrogens with zero attached hydrogens (tertiary/aromatic N) is 4. The fourth-order valence-electron chi connectivity index (χ4n) is 3.53. The highest BCUT2D eigenvalue weighted by Crippen LogP contribution is 2.30. The zero-order valence-corrected chi connectivity index (χ0v) is 22.0. The predicted octanol–water partition coefficient (Wildman–Crippen LogP) is 5.13. The van der Waals surface area contributed by atoms with E-state index in [2.05, 4.69) is 0 Å². The Kier molecular flexibility index (Phi) is 8.97. The summed E-state index contributed by atoms with van der Waals surface area (Å²) in [5.74, 6) is 0.499. The van der Waals surface area contributed by atoms with Gasteiger partial charge in [-0.2, -0.15) is 0 Å². The Labute approximate surface area is 220 Å². The Morgan fingerprint density at radius 3 is 1.36 bits per heavy atom. The molecule has 0 saturated carbocycles. The van der Waals surface area contributed by atoms with Crippen LogP contribution in [-0.4, -0.2) is 57.2 Å². The number of carbonyl (C=O) groups is 2. The summed E-state index contributed by atoms with van der Waals surface area (Å²) in [6, 6.07) is 27.5. The Hall–Kier alpha value is -3.36. The predicted molar refractivity (Wildman–Crippen MR) is 147 cm³/mol. The molecule has 4 rings (SSSR count). The lowest BCUT2D eigenvalue weighted by molar-refractivity contribution is -0.128. The van der Waals surface area contributed by atoms with Crippen molar-refractivity contribution in [2.45, 2.75) is 23.1 Å². The molecule has 0 fully saturated rings. The van der Waals surface area contributed by atoms with Crippen molar-refractivity contribution in [2.75, 3.05) is 25.6 Å². The molecule has 6 nitrogen and oxygen atoms in total. The molecule has 8 heteroatoms. The molecule has 3 aromatic carbocycles. The van der Waals surface area contributed by atoms with Gasteiger partial charge in [0.25, 0.3) is 0 Å². The summed E-state index contributed by atoms with van der Waals surface area (Å²) in [7, 11) is 3.61. The monoisotopic (exact) mass is 516 g/mol. The zero-order chi connectivity index (χ0) is 25.3. The summed E-state index contributed by atoms with van der Waals surface area (Å²) < 4.78 is 0. The quantitative estimate of drug-likeness (QED) is 0.272. The SMILES string of the molecule is CN(Cc1ccccc1)C(=O)CSc1nc2ccccc2nc1SCC(=O)N(C)Cc1ccccc1. The van der Waals surface area contributed by atoms with Crippen LogP contribution in [0, 0.1) is 0 Å². The van der Waals surface area contributed by atoms with E-state index < -0.39 is 0 Å². The molecule has 0 saturated heterocycles. The van der Waals surface area contributed by atoms with Crippen LogP contribution in [0.1, 0.15) is 11.1 Å². The van der Waals surface area contributed by atoms with Gasteiger partial charge in [0.05, 0.1) is 22.5 Å². The average molecular weight is 517 g/mol. The lowest BCUT2D eigenvalue weighted by Gasteiger charge is -2.18. The van der Waals surface area contributed by atoms with Crippen molar-refractivity contribution >= 4 is 46.4 Å². The third-order valence-corrected chi connectivity index (χ3v) is 7.58. The van der Waals surface area contributed by atoms with Gasteiger partial charge in [0.1, 0.15) is 10.1 Å². The number of rotatable bonds is 10. The highest BCUT2D eigenvalue weighted by Gasteiger charge is 2.17. The van der Waals surface area contributed by atoms with Crippen LogP contribution in [0.5, 0.6) is 0 Å². The first kappa shape index (κ1) is 25.7. The van der Waals surface area contributed by atoms with E-state index in [1.165, 1.54) is 23.5 Å². The van der Waals surface area contributed by atoms with Gasteiger partial charge in [-0.05, 0) is 23.3 Å². The fraction of sp³-hybridized carbons (Fsp3) is 0.214. The Bertz CT molecular complexity index is 1220. The van der Waals surface area contributed by atoms with Crippen molar-refractivity contribution in [1.82, 2.24) is 19.8 Å². The lowest BCUT2D eigenvalue weighted by atomic mass is 10.2. The summed E-state index contributed by atoms with van der Waals surface area (Å²) in [5.41, 5.74) is 3.69. The average Bonchev–Trinajstić information content (AvgIpc) is 2.91. The molecule has 0 atom stereocenters. The van der Waals surface area contributed by atoms with Crippen molar-refractivity contribution in [1.29, 1.82) is 0 Å². The van der Waals surface area contributed by atoms with Gasteiger partial charge in [-0.1, -0.05) is 96.3 Å². The Morgan fingerprint density at radius 1 is 0.611 bits per heavy atom. The number of carbonyl (C=O) groups excluding carboxylic acids is 2. The third kappa shape index (κ3) is 7.08. The van der Waals surface area contributed by atoms with Gasteiger partial charge in [-0.3, -0.25) is 9.59 Å². The number of aromatic nitrogens is 2. The number of fused-ring (bicyclic) bond motifs is 1. The van der Waals surface area contributed by atoms with Crippen LogP contribution >= 0.6 is 23.5 Å². The second kappa shape index (κ2) is 12.6. The molecule has 0 aliphatic rings. The molecule has 184 valence electrons. The number of amides is 2.